The van der Waals surface area contributed by atoms with Crippen molar-refractivity contribution in [3.05, 3.63) is 65.5 Å². The number of amides is 3. The van der Waals surface area contributed by atoms with E-state index < -0.39 is 40.1 Å². The zero-order chi connectivity index (χ0) is 23.1. The summed E-state index contributed by atoms with van der Waals surface area (Å²) in [4.78, 5) is 36.1. The number of ether oxygens (including phenoxy) is 1. The van der Waals surface area contributed by atoms with Gasteiger partial charge in [0.1, 0.15) is 5.82 Å². The van der Waals surface area contributed by atoms with Gasteiger partial charge in [0, 0.05) is 24.2 Å². The molecule has 2 aromatic rings. The summed E-state index contributed by atoms with van der Waals surface area (Å²) in [7, 11) is -3.79. The predicted molar refractivity (Wildman–Crippen MR) is 110 cm³/mol. The number of nitrogens with one attached hydrogen (secondary N) is 3. The molecule has 3 N–H and O–H groups in total. The molecule has 32 heavy (non-hydrogen) atoms. The lowest BCUT2D eigenvalue weighted by Crippen LogP contribution is -2.46. The van der Waals surface area contributed by atoms with E-state index in [-0.39, 0.29) is 29.1 Å². The summed E-state index contributed by atoms with van der Waals surface area (Å²) in [6.07, 6.45) is 0. The van der Waals surface area contributed by atoms with Crippen molar-refractivity contribution in [3.63, 3.8) is 0 Å². The second kappa shape index (κ2) is 10.3. The van der Waals surface area contributed by atoms with Crippen molar-refractivity contribution in [2.75, 3.05) is 32.8 Å². The standard InChI is InChI=1S/C20H21FN4O6S/c21-16-5-1-3-14(11-16)19(27)22-13-18(26)23-24-20(28)15-4-2-6-17(12-15)32(29,30)25-7-9-31-10-8-25/h1-6,11-12H,7-10,13H2,(H,22,27)(H,23,26)(H,24,28). The van der Waals surface area contributed by atoms with Crippen LogP contribution in [0.4, 0.5) is 4.39 Å². The lowest BCUT2D eigenvalue weighted by atomic mass is 10.2. The number of sulfonamides is 1. The Morgan fingerprint density at radius 2 is 1.59 bits per heavy atom. The van der Waals surface area contributed by atoms with Gasteiger partial charge < -0.3 is 10.1 Å². The Morgan fingerprint density at radius 3 is 2.28 bits per heavy atom. The average molecular weight is 464 g/mol. The molecular weight excluding hydrogens is 443 g/mol. The molecule has 0 aromatic heterocycles. The fourth-order valence-corrected chi connectivity index (χ4v) is 4.32. The van der Waals surface area contributed by atoms with Crippen molar-refractivity contribution in [3.8, 4) is 0 Å². The molecule has 0 atom stereocenters. The first-order valence-corrected chi connectivity index (χ1v) is 11.0. The Bertz CT molecular complexity index is 1120. The summed E-state index contributed by atoms with van der Waals surface area (Å²) in [5.41, 5.74) is 4.33. The van der Waals surface area contributed by atoms with Crippen LogP contribution in [0.15, 0.2) is 53.4 Å². The van der Waals surface area contributed by atoms with Gasteiger partial charge in [-0.2, -0.15) is 4.31 Å². The molecule has 0 saturated carbocycles. The fraction of sp³-hybridized carbons (Fsp3) is 0.250. The van der Waals surface area contributed by atoms with E-state index in [1.165, 1.54) is 46.8 Å². The number of nitrogens with zero attached hydrogens (tertiary/aromatic N) is 1. The second-order valence-electron chi connectivity index (χ2n) is 6.74. The van der Waals surface area contributed by atoms with Gasteiger partial charge in [-0.3, -0.25) is 25.2 Å². The number of benzene rings is 2. The third-order valence-corrected chi connectivity index (χ3v) is 6.41. The molecule has 0 spiro atoms. The summed E-state index contributed by atoms with van der Waals surface area (Å²) < 4.78 is 45.0. The SMILES string of the molecule is O=C(CNC(=O)c1cccc(F)c1)NNC(=O)c1cccc(S(=O)(=O)N2CCOCC2)c1. The summed E-state index contributed by atoms with van der Waals surface area (Å²) in [6, 6.07) is 10.3. The van der Waals surface area contributed by atoms with Crippen LogP contribution in [0.5, 0.6) is 0 Å². The van der Waals surface area contributed by atoms with E-state index in [4.69, 9.17) is 4.74 Å². The number of halogens is 1. The van der Waals surface area contributed by atoms with Crippen molar-refractivity contribution in [1.82, 2.24) is 20.5 Å². The van der Waals surface area contributed by atoms with Crippen LogP contribution in [-0.4, -0.2) is 63.3 Å². The molecule has 0 bridgehead atoms. The van der Waals surface area contributed by atoms with Gasteiger partial charge in [-0.15, -0.1) is 0 Å². The molecular formula is C20H21FN4O6S. The highest BCUT2D eigenvalue weighted by Gasteiger charge is 2.26. The van der Waals surface area contributed by atoms with Crippen LogP contribution >= 0.6 is 0 Å². The van der Waals surface area contributed by atoms with Crippen molar-refractivity contribution >= 4 is 27.7 Å². The van der Waals surface area contributed by atoms with Crippen LogP contribution < -0.4 is 16.2 Å². The van der Waals surface area contributed by atoms with Gasteiger partial charge in [-0.1, -0.05) is 12.1 Å². The molecule has 3 rings (SSSR count). The van der Waals surface area contributed by atoms with Crippen LogP contribution in [-0.2, 0) is 19.6 Å². The largest absolute Gasteiger partial charge is 0.379 e. The molecule has 1 heterocycles. The van der Waals surface area contributed by atoms with Crippen LogP contribution in [0.3, 0.4) is 0 Å². The molecule has 3 amide bonds. The zero-order valence-electron chi connectivity index (χ0n) is 16.8. The molecule has 2 aromatic carbocycles. The minimum absolute atomic E-state index is 0.0171. The van der Waals surface area contributed by atoms with E-state index in [2.05, 4.69) is 16.2 Å². The van der Waals surface area contributed by atoms with Crippen LogP contribution in [0.1, 0.15) is 20.7 Å². The normalized spacial score (nSPS) is 14.4. The van der Waals surface area contributed by atoms with Gasteiger partial charge in [0.2, 0.25) is 10.0 Å². The number of hydrogen-bond acceptors (Lipinski definition) is 6. The first kappa shape index (κ1) is 23.3. The first-order chi connectivity index (χ1) is 15.3. The molecule has 1 saturated heterocycles. The zero-order valence-corrected chi connectivity index (χ0v) is 17.7. The lowest BCUT2D eigenvalue weighted by molar-refractivity contribution is -0.120. The maximum Gasteiger partial charge on any atom is 0.269 e. The molecule has 12 heteroatoms. The van der Waals surface area contributed by atoms with Crippen LogP contribution in [0.2, 0.25) is 0 Å². The summed E-state index contributed by atoms with van der Waals surface area (Å²) >= 11 is 0. The summed E-state index contributed by atoms with van der Waals surface area (Å²) in [5, 5.41) is 2.29. The van der Waals surface area contributed by atoms with Crippen molar-refractivity contribution < 1.29 is 31.9 Å². The Kier molecular flexibility index (Phi) is 7.51. The number of morpholine rings is 1. The van der Waals surface area contributed by atoms with Crippen LogP contribution in [0.25, 0.3) is 0 Å². The Balaban J connectivity index is 1.54. The van der Waals surface area contributed by atoms with Gasteiger partial charge in [0.15, 0.2) is 0 Å². The van der Waals surface area contributed by atoms with Crippen LogP contribution in [0, 0.1) is 5.82 Å². The topological polar surface area (TPSA) is 134 Å². The molecule has 10 nitrogen and oxygen atoms in total. The number of rotatable bonds is 6. The number of carbonyl (C=O) groups excluding carboxylic acids is 3. The van der Waals surface area contributed by atoms with Crippen molar-refractivity contribution in [1.29, 1.82) is 0 Å². The number of hydrazine groups is 1. The molecule has 0 aliphatic carbocycles. The monoisotopic (exact) mass is 464 g/mol. The smallest absolute Gasteiger partial charge is 0.269 e. The second-order valence-corrected chi connectivity index (χ2v) is 8.68. The summed E-state index contributed by atoms with van der Waals surface area (Å²) in [5.74, 6) is -2.73. The molecule has 170 valence electrons. The highest BCUT2D eigenvalue weighted by Crippen LogP contribution is 2.18. The predicted octanol–water partition coefficient (Wildman–Crippen LogP) is 0.0376. The van der Waals surface area contributed by atoms with Crippen molar-refractivity contribution in [2.24, 2.45) is 0 Å². The Morgan fingerprint density at radius 1 is 0.938 bits per heavy atom. The maximum atomic E-state index is 13.2. The highest BCUT2D eigenvalue weighted by atomic mass is 32.2. The Labute approximate surface area is 183 Å². The lowest BCUT2D eigenvalue weighted by Gasteiger charge is -2.26. The first-order valence-electron chi connectivity index (χ1n) is 9.58. The van der Waals surface area contributed by atoms with E-state index in [0.29, 0.717) is 13.2 Å². The van der Waals surface area contributed by atoms with E-state index >= 15 is 0 Å². The number of hydrogen-bond donors (Lipinski definition) is 3. The summed E-state index contributed by atoms with van der Waals surface area (Å²) in [6.45, 7) is 0.551. The maximum absolute atomic E-state index is 13.2. The van der Waals surface area contributed by atoms with E-state index in [9.17, 15) is 27.2 Å². The Hall–Kier alpha value is -3.35. The average Bonchev–Trinajstić information content (AvgIpc) is 2.81. The van der Waals surface area contributed by atoms with E-state index in [1.807, 2.05) is 0 Å². The molecule has 0 unspecified atom stereocenters. The van der Waals surface area contributed by atoms with E-state index in [1.54, 1.807) is 0 Å². The molecule has 0 radical (unpaired) electrons. The third kappa shape index (κ3) is 5.87. The van der Waals surface area contributed by atoms with Crippen molar-refractivity contribution in [2.45, 2.75) is 4.90 Å². The minimum atomic E-state index is -3.79. The molecule has 1 aliphatic rings. The third-order valence-electron chi connectivity index (χ3n) is 4.52. The van der Waals surface area contributed by atoms with Gasteiger partial charge >= 0.3 is 0 Å². The van der Waals surface area contributed by atoms with Gasteiger partial charge in [0.05, 0.1) is 24.7 Å². The quantitative estimate of drug-likeness (QED) is 0.517. The molecule has 1 fully saturated rings. The van der Waals surface area contributed by atoms with Gasteiger partial charge in [-0.05, 0) is 36.4 Å². The van der Waals surface area contributed by atoms with Gasteiger partial charge in [-0.25, -0.2) is 12.8 Å². The van der Waals surface area contributed by atoms with Gasteiger partial charge in [0.25, 0.3) is 17.7 Å². The minimum Gasteiger partial charge on any atom is -0.379 e. The highest BCUT2D eigenvalue weighted by molar-refractivity contribution is 7.89. The number of carbonyl (C=O) groups is 3. The molecule has 1 aliphatic heterocycles. The van der Waals surface area contributed by atoms with E-state index in [0.717, 1.165) is 6.07 Å². The fourth-order valence-electron chi connectivity index (χ4n) is 2.87.